The van der Waals surface area contributed by atoms with Crippen LogP contribution in [0.4, 0.5) is 0 Å². The van der Waals surface area contributed by atoms with E-state index < -0.39 is 0 Å². The van der Waals surface area contributed by atoms with Gasteiger partial charge in [-0.1, -0.05) is 55.0 Å². The van der Waals surface area contributed by atoms with E-state index in [4.69, 9.17) is 0 Å². The molecule has 0 atom stereocenters. The maximum Gasteiger partial charge on any atom is 0.234 e. The summed E-state index contributed by atoms with van der Waals surface area (Å²) in [7, 11) is 0. The van der Waals surface area contributed by atoms with Crippen LogP contribution in [0, 0.1) is 0 Å². The topological polar surface area (TPSA) is 43.1 Å². The Morgan fingerprint density at radius 3 is 2.79 bits per heavy atom. The predicted octanol–water partition coefficient (Wildman–Crippen LogP) is 3.12. The smallest absolute Gasteiger partial charge is 0.187 e. The van der Waals surface area contributed by atoms with E-state index in [9.17, 15) is 0 Å². The molecule has 0 bridgehead atoms. The van der Waals surface area contributed by atoms with Gasteiger partial charge in [0.1, 0.15) is 5.01 Å². The Hall–Kier alpha value is -1.75. The van der Waals surface area contributed by atoms with Crippen molar-refractivity contribution in [2.45, 2.75) is 32.6 Å². The van der Waals surface area contributed by atoms with Crippen LogP contribution in [0.5, 0.6) is 0 Å². The molecule has 0 fully saturated rings. The molecule has 4 nitrogen and oxygen atoms in total. The fraction of sp³-hybridized carbons (Fsp3) is 0.357. The van der Waals surface area contributed by atoms with Crippen molar-refractivity contribution in [1.82, 2.24) is 19.8 Å². The SMILES string of the molecule is CCCCc1nn2c(Cc3ccccc3)nnc2s1. The zero-order valence-electron chi connectivity index (χ0n) is 10.9. The molecule has 0 saturated heterocycles. The third-order valence-corrected chi connectivity index (χ3v) is 4.01. The zero-order chi connectivity index (χ0) is 13.1. The van der Waals surface area contributed by atoms with Gasteiger partial charge in [0.05, 0.1) is 0 Å². The number of fused-ring (bicyclic) bond motifs is 1. The lowest BCUT2D eigenvalue weighted by molar-refractivity contribution is 0.757. The van der Waals surface area contributed by atoms with Crippen molar-refractivity contribution in [3.63, 3.8) is 0 Å². The van der Waals surface area contributed by atoms with Gasteiger partial charge in [0, 0.05) is 12.8 Å². The van der Waals surface area contributed by atoms with Crippen LogP contribution in [0.15, 0.2) is 30.3 Å². The van der Waals surface area contributed by atoms with E-state index >= 15 is 0 Å². The highest BCUT2D eigenvalue weighted by atomic mass is 32.1. The van der Waals surface area contributed by atoms with Crippen molar-refractivity contribution in [2.24, 2.45) is 0 Å². The number of aryl methyl sites for hydroxylation is 1. The van der Waals surface area contributed by atoms with Crippen LogP contribution in [0.25, 0.3) is 4.96 Å². The first-order valence-electron chi connectivity index (χ1n) is 6.60. The molecule has 0 spiro atoms. The van der Waals surface area contributed by atoms with Gasteiger partial charge in [0.2, 0.25) is 4.96 Å². The third-order valence-electron chi connectivity index (χ3n) is 3.05. The summed E-state index contributed by atoms with van der Waals surface area (Å²) in [5, 5.41) is 14.2. The Bertz CT molecular complexity index is 656. The standard InChI is InChI=1S/C14H16N4S/c1-2-3-9-13-17-18-12(15-16-14(18)19-13)10-11-7-5-4-6-8-11/h4-8H,2-3,9-10H2,1H3. The maximum absolute atomic E-state index is 4.62. The monoisotopic (exact) mass is 272 g/mol. The quantitative estimate of drug-likeness (QED) is 0.716. The number of nitrogens with zero attached hydrogens (tertiary/aromatic N) is 4. The molecule has 2 heterocycles. The summed E-state index contributed by atoms with van der Waals surface area (Å²) >= 11 is 1.65. The maximum atomic E-state index is 4.62. The summed E-state index contributed by atoms with van der Waals surface area (Å²) in [6, 6.07) is 10.3. The van der Waals surface area contributed by atoms with E-state index in [1.807, 2.05) is 22.7 Å². The predicted molar refractivity (Wildman–Crippen MR) is 76.5 cm³/mol. The van der Waals surface area contributed by atoms with Crippen molar-refractivity contribution >= 4 is 16.3 Å². The number of unbranched alkanes of at least 4 members (excludes halogenated alkanes) is 1. The average molecular weight is 272 g/mol. The second kappa shape index (κ2) is 5.48. The van der Waals surface area contributed by atoms with Gasteiger partial charge in [-0.05, 0) is 12.0 Å². The highest BCUT2D eigenvalue weighted by Crippen LogP contribution is 2.17. The van der Waals surface area contributed by atoms with Crippen molar-refractivity contribution in [2.75, 3.05) is 0 Å². The third kappa shape index (κ3) is 2.66. The zero-order valence-corrected chi connectivity index (χ0v) is 11.7. The van der Waals surface area contributed by atoms with E-state index in [-0.39, 0.29) is 0 Å². The fourth-order valence-electron chi connectivity index (χ4n) is 2.01. The van der Waals surface area contributed by atoms with E-state index in [2.05, 4.69) is 34.4 Å². The molecule has 0 saturated carbocycles. The van der Waals surface area contributed by atoms with Crippen LogP contribution in [0.3, 0.4) is 0 Å². The van der Waals surface area contributed by atoms with Crippen molar-refractivity contribution in [3.8, 4) is 0 Å². The largest absolute Gasteiger partial charge is 0.234 e. The Morgan fingerprint density at radius 1 is 1.16 bits per heavy atom. The second-order valence-corrected chi connectivity index (χ2v) is 5.61. The van der Waals surface area contributed by atoms with Gasteiger partial charge < -0.3 is 0 Å². The highest BCUT2D eigenvalue weighted by Gasteiger charge is 2.11. The lowest BCUT2D eigenvalue weighted by Crippen LogP contribution is -1.98. The minimum absolute atomic E-state index is 0.777. The van der Waals surface area contributed by atoms with Crippen LogP contribution < -0.4 is 0 Å². The second-order valence-electron chi connectivity index (χ2n) is 4.57. The van der Waals surface area contributed by atoms with Crippen LogP contribution in [0.2, 0.25) is 0 Å². The van der Waals surface area contributed by atoms with Gasteiger partial charge in [0.15, 0.2) is 5.82 Å². The molecule has 98 valence electrons. The Morgan fingerprint density at radius 2 is 2.00 bits per heavy atom. The molecule has 5 heteroatoms. The molecule has 0 N–H and O–H groups in total. The number of aromatic nitrogens is 4. The van der Waals surface area contributed by atoms with Gasteiger partial charge in [0.25, 0.3) is 0 Å². The summed E-state index contributed by atoms with van der Waals surface area (Å²) < 4.78 is 1.89. The Labute approximate surface area is 116 Å². The average Bonchev–Trinajstić information content (AvgIpc) is 2.99. The van der Waals surface area contributed by atoms with Crippen LogP contribution in [-0.2, 0) is 12.8 Å². The molecule has 0 aliphatic rings. The van der Waals surface area contributed by atoms with E-state index in [0.717, 1.165) is 28.6 Å². The molecule has 3 aromatic rings. The van der Waals surface area contributed by atoms with E-state index in [1.165, 1.54) is 18.4 Å². The summed E-state index contributed by atoms with van der Waals surface area (Å²) in [4.78, 5) is 0.900. The first-order chi connectivity index (χ1) is 9.36. The van der Waals surface area contributed by atoms with Crippen LogP contribution in [-0.4, -0.2) is 19.8 Å². The molecule has 0 unspecified atom stereocenters. The number of rotatable bonds is 5. The van der Waals surface area contributed by atoms with Crippen molar-refractivity contribution in [3.05, 3.63) is 46.7 Å². The molecule has 0 radical (unpaired) electrons. The lowest BCUT2D eigenvalue weighted by atomic mass is 10.1. The van der Waals surface area contributed by atoms with Crippen molar-refractivity contribution in [1.29, 1.82) is 0 Å². The first-order valence-corrected chi connectivity index (χ1v) is 7.42. The minimum Gasteiger partial charge on any atom is -0.187 e. The molecular formula is C14H16N4S. The molecule has 0 aliphatic heterocycles. The summed E-state index contributed by atoms with van der Waals surface area (Å²) in [6.07, 6.45) is 4.18. The first kappa shape index (κ1) is 12.3. The number of hydrogen-bond donors (Lipinski definition) is 0. The van der Waals surface area contributed by atoms with Gasteiger partial charge in [-0.3, -0.25) is 0 Å². The van der Waals surface area contributed by atoms with Crippen LogP contribution >= 0.6 is 11.3 Å². The van der Waals surface area contributed by atoms with Gasteiger partial charge in [-0.2, -0.15) is 9.61 Å². The molecular weight excluding hydrogens is 256 g/mol. The molecule has 0 amide bonds. The van der Waals surface area contributed by atoms with Gasteiger partial charge in [-0.25, -0.2) is 0 Å². The molecule has 0 aliphatic carbocycles. The normalized spacial score (nSPS) is 11.2. The van der Waals surface area contributed by atoms with Gasteiger partial charge in [-0.15, -0.1) is 10.2 Å². The summed E-state index contributed by atoms with van der Waals surface area (Å²) in [5.74, 6) is 0.917. The molecule has 1 aromatic carbocycles. The molecule has 2 aromatic heterocycles. The Balaban J connectivity index is 1.85. The van der Waals surface area contributed by atoms with Gasteiger partial charge >= 0.3 is 0 Å². The summed E-state index contributed by atoms with van der Waals surface area (Å²) in [5.41, 5.74) is 1.24. The lowest BCUT2D eigenvalue weighted by Gasteiger charge is -1.97. The molecule has 3 rings (SSSR count). The summed E-state index contributed by atoms with van der Waals surface area (Å²) in [6.45, 7) is 2.20. The molecule has 19 heavy (non-hydrogen) atoms. The number of benzene rings is 1. The fourth-order valence-corrected chi connectivity index (χ4v) is 2.91. The van der Waals surface area contributed by atoms with E-state index in [0.29, 0.717) is 0 Å². The van der Waals surface area contributed by atoms with Crippen molar-refractivity contribution < 1.29 is 0 Å². The minimum atomic E-state index is 0.777. The van der Waals surface area contributed by atoms with Crippen LogP contribution in [0.1, 0.15) is 36.2 Å². The number of hydrogen-bond acceptors (Lipinski definition) is 4. The Kier molecular flexibility index (Phi) is 3.55. The van der Waals surface area contributed by atoms with E-state index in [1.54, 1.807) is 11.3 Å². The highest BCUT2D eigenvalue weighted by molar-refractivity contribution is 7.16.